The first-order valence-electron chi connectivity index (χ1n) is 7.15. The van der Waals surface area contributed by atoms with Crippen molar-refractivity contribution in [2.75, 3.05) is 6.54 Å². The third kappa shape index (κ3) is 3.60. The van der Waals surface area contributed by atoms with E-state index in [1.54, 1.807) is 11.3 Å². The second kappa shape index (κ2) is 6.88. The Balaban J connectivity index is 2.03. The minimum atomic E-state index is -0.783. The second-order valence-corrected chi connectivity index (χ2v) is 6.33. The summed E-state index contributed by atoms with van der Waals surface area (Å²) >= 11 is 1.60. The summed E-state index contributed by atoms with van der Waals surface area (Å²) in [7, 11) is 0. The van der Waals surface area contributed by atoms with Crippen LogP contribution >= 0.6 is 11.3 Å². The number of nitrogens with zero attached hydrogens (tertiary/aromatic N) is 1. The van der Waals surface area contributed by atoms with Crippen LogP contribution in [0.2, 0.25) is 0 Å². The number of thiophene rings is 1. The molecule has 2 heterocycles. The minimum absolute atomic E-state index is 0.0924. The van der Waals surface area contributed by atoms with Gasteiger partial charge in [-0.15, -0.1) is 11.3 Å². The molecule has 0 aromatic carbocycles. The highest BCUT2D eigenvalue weighted by atomic mass is 32.1. The van der Waals surface area contributed by atoms with Gasteiger partial charge in [-0.1, -0.05) is 6.07 Å². The summed E-state index contributed by atoms with van der Waals surface area (Å²) in [6.07, 6.45) is 3.74. The second-order valence-electron chi connectivity index (χ2n) is 5.35. The maximum absolute atomic E-state index is 12.6. The maximum Gasteiger partial charge on any atom is 0.303 e. The molecule has 1 fully saturated rings. The SMILES string of the molecule is C[C@@H](C(=O)N1CCCC[C@H]1CCC(=O)O)c1cccs1. The molecule has 0 bridgehead atoms. The Morgan fingerprint density at radius 2 is 2.30 bits per heavy atom. The monoisotopic (exact) mass is 295 g/mol. The van der Waals surface area contributed by atoms with Crippen LogP contribution in [0.3, 0.4) is 0 Å². The molecule has 1 N–H and O–H groups in total. The zero-order valence-electron chi connectivity index (χ0n) is 11.7. The average molecular weight is 295 g/mol. The molecule has 1 amide bonds. The fourth-order valence-electron chi connectivity index (χ4n) is 2.79. The van der Waals surface area contributed by atoms with E-state index in [9.17, 15) is 9.59 Å². The smallest absolute Gasteiger partial charge is 0.303 e. The Morgan fingerprint density at radius 1 is 1.50 bits per heavy atom. The fraction of sp³-hybridized carbons (Fsp3) is 0.600. The van der Waals surface area contributed by atoms with Gasteiger partial charge in [-0.05, 0) is 44.1 Å². The van der Waals surface area contributed by atoms with Crippen LogP contribution < -0.4 is 0 Å². The Labute approximate surface area is 123 Å². The van der Waals surface area contributed by atoms with Gasteiger partial charge in [0.15, 0.2) is 0 Å². The van der Waals surface area contributed by atoms with Gasteiger partial charge in [0, 0.05) is 23.9 Å². The molecule has 5 heteroatoms. The summed E-state index contributed by atoms with van der Waals surface area (Å²) in [5, 5.41) is 10.8. The largest absolute Gasteiger partial charge is 0.481 e. The van der Waals surface area contributed by atoms with E-state index in [4.69, 9.17) is 5.11 Å². The molecule has 20 heavy (non-hydrogen) atoms. The number of hydrogen-bond donors (Lipinski definition) is 1. The molecule has 0 aliphatic carbocycles. The van der Waals surface area contributed by atoms with Gasteiger partial charge >= 0.3 is 5.97 Å². The molecule has 1 aromatic rings. The van der Waals surface area contributed by atoms with Crippen molar-refractivity contribution in [2.45, 2.75) is 51.0 Å². The predicted molar refractivity (Wildman–Crippen MR) is 79.0 cm³/mol. The van der Waals surface area contributed by atoms with E-state index >= 15 is 0 Å². The molecule has 2 rings (SSSR count). The van der Waals surface area contributed by atoms with E-state index in [1.807, 2.05) is 29.3 Å². The summed E-state index contributed by atoms with van der Waals surface area (Å²) in [6.45, 7) is 2.70. The van der Waals surface area contributed by atoms with Gasteiger partial charge in [0.2, 0.25) is 5.91 Å². The fourth-order valence-corrected chi connectivity index (χ4v) is 3.57. The number of carboxylic acids is 1. The zero-order valence-corrected chi connectivity index (χ0v) is 12.6. The van der Waals surface area contributed by atoms with Crippen molar-refractivity contribution >= 4 is 23.2 Å². The van der Waals surface area contributed by atoms with Gasteiger partial charge < -0.3 is 10.0 Å². The third-order valence-electron chi connectivity index (χ3n) is 3.94. The molecule has 0 spiro atoms. The van der Waals surface area contributed by atoms with Gasteiger partial charge in [-0.2, -0.15) is 0 Å². The molecule has 4 nitrogen and oxygen atoms in total. The normalized spacial score (nSPS) is 20.6. The number of amides is 1. The van der Waals surface area contributed by atoms with Crippen molar-refractivity contribution in [1.82, 2.24) is 4.90 Å². The van der Waals surface area contributed by atoms with E-state index < -0.39 is 5.97 Å². The minimum Gasteiger partial charge on any atom is -0.481 e. The highest BCUT2D eigenvalue weighted by molar-refractivity contribution is 7.10. The molecule has 1 aromatic heterocycles. The van der Waals surface area contributed by atoms with Crippen molar-refractivity contribution in [2.24, 2.45) is 0 Å². The van der Waals surface area contributed by atoms with Gasteiger partial charge in [-0.3, -0.25) is 9.59 Å². The van der Waals surface area contributed by atoms with E-state index in [0.717, 1.165) is 30.7 Å². The van der Waals surface area contributed by atoms with E-state index in [0.29, 0.717) is 6.42 Å². The van der Waals surface area contributed by atoms with Crippen molar-refractivity contribution in [3.63, 3.8) is 0 Å². The quantitative estimate of drug-likeness (QED) is 0.908. The Morgan fingerprint density at radius 3 is 2.95 bits per heavy atom. The Kier molecular flexibility index (Phi) is 5.17. The lowest BCUT2D eigenvalue weighted by Gasteiger charge is -2.37. The van der Waals surface area contributed by atoms with Gasteiger partial charge in [0.25, 0.3) is 0 Å². The summed E-state index contributed by atoms with van der Waals surface area (Å²) in [4.78, 5) is 26.4. The molecule has 110 valence electrons. The first kappa shape index (κ1) is 15.0. The van der Waals surface area contributed by atoms with Crippen LogP contribution in [0.25, 0.3) is 0 Å². The van der Waals surface area contributed by atoms with E-state index in [2.05, 4.69) is 0 Å². The molecule has 0 radical (unpaired) electrons. The van der Waals surface area contributed by atoms with Crippen LogP contribution in [-0.2, 0) is 9.59 Å². The molecule has 2 atom stereocenters. The summed E-state index contributed by atoms with van der Waals surface area (Å²) in [6, 6.07) is 4.04. The Bertz CT molecular complexity index is 458. The molecular formula is C15H21NO3S. The molecule has 0 saturated carbocycles. The first-order chi connectivity index (χ1) is 9.59. The topological polar surface area (TPSA) is 57.6 Å². The Hall–Kier alpha value is -1.36. The standard InChI is InChI=1S/C15H21NO3S/c1-11(13-6-4-10-20-13)15(19)16-9-3-2-5-12(16)7-8-14(17)18/h4,6,10-12H,2-3,5,7-9H2,1H3,(H,17,18)/t11-,12+/m1/s1. The van der Waals surface area contributed by atoms with Crippen LogP contribution in [0.5, 0.6) is 0 Å². The molecule has 0 unspecified atom stereocenters. The van der Waals surface area contributed by atoms with Crippen molar-refractivity contribution < 1.29 is 14.7 Å². The predicted octanol–water partition coefficient (Wildman–Crippen LogP) is 3.10. The highest BCUT2D eigenvalue weighted by Crippen LogP contribution is 2.28. The van der Waals surface area contributed by atoms with Crippen LogP contribution in [0.1, 0.15) is 49.8 Å². The molecular weight excluding hydrogens is 274 g/mol. The lowest BCUT2D eigenvalue weighted by atomic mass is 9.95. The number of hydrogen-bond acceptors (Lipinski definition) is 3. The number of piperidine rings is 1. The van der Waals surface area contributed by atoms with E-state index in [-0.39, 0.29) is 24.3 Å². The van der Waals surface area contributed by atoms with Gasteiger partial charge in [0.1, 0.15) is 0 Å². The van der Waals surface area contributed by atoms with Crippen LogP contribution in [0.4, 0.5) is 0 Å². The summed E-state index contributed by atoms with van der Waals surface area (Å²) in [5.74, 6) is -0.766. The summed E-state index contributed by atoms with van der Waals surface area (Å²) < 4.78 is 0. The van der Waals surface area contributed by atoms with Gasteiger partial charge in [-0.25, -0.2) is 0 Å². The number of carbonyl (C=O) groups excluding carboxylic acids is 1. The molecule has 1 aliphatic rings. The van der Waals surface area contributed by atoms with Crippen molar-refractivity contribution in [3.8, 4) is 0 Å². The molecule has 1 saturated heterocycles. The molecule has 1 aliphatic heterocycles. The van der Waals surface area contributed by atoms with Crippen LogP contribution in [0.15, 0.2) is 17.5 Å². The van der Waals surface area contributed by atoms with Crippen LogP contribution in [0, 0.1) is 0 Å². The third-order valence-corrected chi connectivity index (χ3v) is 5.00. The lowest BCUT2D eigenvalue weighted by molar-refractivity contribution is -0.140. The average Bonchev–Trinajstić information content (AvgIpc) is 2.98. The van der Waals surface area contributed by atoms with Crippen LogP contribution in [-0.4, -0.2) is 34.5 Å². The number of likely N-dealkylation sites (tertiary alicyclic amines) is 1. The van der Waals surface area contributed by atoms with Crippen molar-refractivity contribution in [1.29, 1.82) is 0 Å². The van der Waals surface area contributed by atoms with Gasteiger partial charge in [0.05, 0.1) is 5.92 Å². The number of rotatable bonds is 5. The number of carbonyl (C=O) groups is 2. The summed E-state index contributed by atoms with van der Waals surface area (Å²) in [5.41, 5.74) is 0. The van der Waals surface area contributed by atoms with Crippen molar-refractivity contribution in [3.05, 3.63) is 22.4 Å². The maximum atomic E-state index is 12.6. The van der Waals surface area contributed by atoms with E-state index in [1.165, 1.54) is 0 Å². The first-order valence-corrected chi connectivity index (χ1v) is 8.03. The number of aliphatic carboxylic acids is 1. The zero-order chi connectivity index (χ0) is 14.5. The lowest BCUT2D eigenvalue weighted by Crippen LogP contribution is -2.45. The highest BCUT2D eigenvalue weighted by Gasteiger charge is 2.30. The number of carboxylic acid groups (broad SMARTS) is 1.